The van der Waals surface area contributed by atoms with Crippen LogP contribution in [0, 0.1) is 6.92 Å². The number of nitrogen functional groups attached to an aromatic ring is 1. The summed E-state index contributed by atoms with van der Waals surface area (Å²) < 4.78 is 12.0. The Bertz CT molecular complexity index is 509. The molecule has 0 spiro atoms. The molecule has 0 fully saturated rings. The molecule has 0 saturated carbocycles. The Morgan fingerprint density at radius 3 is 2.94 bits per heavy atom. The van der Waals surface area contributed by atoms with Crippen LogP contribution in [0.1, 0.15) is 10.6 Å². The first kappa shape index (κ1) is 11.3. The van der Waals surface area contributed by atoms with Gasteiger partial charge in [-0.2, -0.15) is 0 Å². The zero-order chi connectivity index (χ0) is 11.5. The van der Waals surface area contributed by atoms with Crippen LogP contribution >= 0.6 is 11.3 Å². The molecule has 2 rings (SSSR count). The minimum Gasteiger partial charge on any atom is -0.398 e. The lowest BCUT2D eigenvalue weighted by atomic mass is 10.2. The Balaban J connectivity index is 2.21. The Morgan fingerprint density at radius 1 is 1.50 bits per heavy atom. The fraction of sp³-hybridized carbons (Fsp3) is 0.182. The predicted octanol–water partition coefficient (Wildman–Crippen LogP) is 2.34. The summed E-state index contributed by atoms with van der Waals surface area (Å²) in [5, 5.41) is 2.75. The average Bonchev–Trinajstić information content (AvgIpc) is 2.70. The largest absolute Gasteiger partial charge is 0.398 e. The van der Waals surface area contributed by atoms with Gasteiger partial charge in [-0.1, -0.05) is 6.07 Å². The van der Waals surface area contributed by atoms with Crippen molar-refractivity contribution < 1.29 is 4.21 Å². The summed E-state index contributed by atoms with van der Waals surface area (Å²) >= 11 is 1.51. The molecule has 5 heteroatoms. The van der Waals surface area contributed by atoms with E-state index in [1.54, 1.807) is 6.20 Å². The molecule has 1 aromatic heterocycles. The van der Waals surface area contributed by atoms with E-state index in [-0.39, 0.29) is 0 Å². The molecule has 1 heterocycles. The lowest BCUT2D eigenvalue weighted by Crippen LogP contribution is -2.00. The van der Waals surface area contributed by atoms with Gasteiger partial charge in [0.25, 0.3) is 0 Å². The standard InChI is InChI=1S/C11H12N2OS2/c1-8-2-3-10(9(12)6-8)16(14)7-11-13-4-5-15-11/h2-6H,7,12H2,1H3. The minimum absolute atomic E-state index is 0.435. The second-order valence-corrected chi connectivity index (χ2v) is 5.86. The number of rotatable bonds is 3. The van der Waals surface area contributed by atoms with E-state index >= 15 is 0 Å². The Hall–Kier alpha value is -1.20. The topological polar surface area (TPSA) is 56.0 Å². The number of aryl methyl sites for hydroxylation is 1. The van der Waals surface area contributed by atoms with Crippen LogP contribution in [0.15, 0.2) is 34.7 Å². The highest BCUT2D eigenvalue weighted by atomic mass is 32.2. The van der Waals surface area contributed by atoms with Crippen LogP contribution in [0.25, 0.3) is 0 Å². The number of anilines is 1. The number of aromatic nitrogens is 1. The van der Waals surface area contributed by atoms with Gasteiger partial charge in [0.1, 0.15) is 5.01 Å². The van der Waals surface area contributed by atoms with E-state index in [9.17, 15) is 4.21 Å². The third-order valence-electron chi connectivity index (χ3n) is 2.15. The SMILES string of the molecule is Cc1ccc(S(=O)Cc2nccs2)c(N)c1. The van der Waals surface area contributed by atoms with Gasteiger partial charge in [-0.05, 0) is 24.6 Å². The summed E-state index contributed by atoms with van der Waals surface area (Å²) in [4.78, 5) is 4.81. The van der Waals surface area contributed by atoms with Crippen LogP contribution < -0.4 is 5.73 Å². The number of hydrogen-bond donors (Lipinski definition) is 1. The Morgan fingerprint density at radius 2 is 2.31 bits per heavy atom. The quantitative estimate of drug-likeness (QED) is 0.853. The van der Waals surface area contributed by atoms with E-state index in [0.717, 1.165) is 10.6 Å². The Kier molecular flexibility index (Phi) is 3.36. The highest BCUT2D eigenvalue weighted by Gasteiger charge is 2.10. The zero-order valence-corrected chi connectivity index (χ0v) is 10.5. The molecule has 16 heavy (non-hydrogen) atoms. The maximum absolute atomic E-state index is 12.0. The van der Waals surface area contributed by atoms with Crippen LogP contribution in [0.4, 0.5) is 5.69 Å². The van der Waals surface area contributed by atoms with Crippen molar-refractivity contribution in [3.05, 3.63) is 40.3 Å². The highest BCUT2D eigenvalue weighted by Crippen LogP contribution is 2.21. The fourth-order valence-electron chi connectivity index (χ4n) is 1.39. The molecule has 0 saturated heterocycles. The van der Waals surface area contributed by atoms with Gasteiger partial charge < -0.3 is 5.73 Å². The second kappa shape index (κ2) is 4.76. The molecule has 1 unspecified atom stereocenters. The van der Waals surface area contributed by atoms with Gasteiger partial charge in [0, 0.05) is 17.3 Å². The molecule has 1 atom stereocenters. The van der Waals surface area contributed by atoms with E-state index in [1.807, 2.05) is 30.5 Å². The molecule has 0 aliphatic rings. The van der Waals surface area contributed by atoms with Crippen LogP contribution in [-0.4, -0.2) is 9.19 Å². The predicted molar refractivity (Wildman–Crippen MR) is 67.8 cm³/mol. The smallest absolute Gasteiger partial charge is 0.105 e. The number of nitrogens with zero attached hydrogens (tertiary/aromatic N) is 1. The van der Waals surface area contributed by atoms with Crippen molar-refractivity contribution in [2.75, 3.05) is 5.73 Å². The summed E-state index contributed by atoms with van der Waals surface area (Å²) in [5.41, 5.74) is 7.51. The molecule has 1 aromatic carbocycles. The molecule has 0 radical (unpaired) electrons. The lowest BCUT2D eigenvalue weighted by molar-refractivity contribution is 0.683. The van der Waals surface area contributed by atoms with Crippen molar-refractivity contribution in [3.8, 4) is 0 Å². The molecule has 84 valence electrons. The normalized spacial score (nSPS) is 12.6. The fourth-order valence-corrected chi connectivity index (χ4v) is 3.38. The lowest BCUT2D eigenvalue weighted by Gasteiger charge is -2.05. The third kappa shape index (κ3) is 2.48. The van der Waals surface area contributed by atoms with Crippen LogP contribution in [0.5, 0.6) is 0 Å². The maximum Gasteiger partial charge on any atom is 0.105 e. The third-order valence-corrected chi connectivity index (χ3v) is 4.51. The highest BCUT2D eigenvalue weighted by molar-refractivity contribution is 7.84. The Labute approximate surface area is 101 Å². The van der Waals surface area contributed by atoms with E-state index in [0.29, 0.717) is 16.3 Å². The van der Waals surface area contributed by atoms with E-state index in [4.69, 9.17) is 5.73 Å². The van der Waals surface area contributed by atoms with Gasteiger partial charge in [0.15, 0.2) is 0 Å². The van der Waals surface area contributed by atoms with Crippen LogP contribution in [0.2, 0.25) is 0 Å². The van der Waals surface area contributed by atoms with Crippen molar-refractivity contribution >= 4 is 27.8 Å². The number of benzene rings is 1. The van der Waals surface area contributed by atoms with Crippen molar-refractivity contribution in [2.45, 2.75) is 17.6 Å². The first-order valence-electron chi connectivity index (χ1n) is 4.79. The summed E-state index contributed by atoms with van der Waals surface area (Å²) in [7, 11) is -1.11. The van der Waals surface area contributed by atoms with Gasteiger partial charge in [0.05, 0.1) is 21.4 Å². The van der Waals surface area contributed by atoms with Gasteiger partial charge in [-0.3, -0.25) is 4.21 Å². The molecular weight excluding hydrogens is 240 g/mol. The van der Waals surface area contributed by atoms with Crippen LogP contribution in [-0.2, 0) is 16.6 Å². The molecule has 2 aromatic rings. The minimum atomic E-state index is -1.11. The molecular formula is C11H12N2OS2. The monoisotopic (exact) mass is 252 g/mol. The summed E-state index contributed by atoms with van der Waals surface area (Å²) in [6.45, 7) is 1.96. The first-order valence-corrected chi connectivity index (χ1v) is 6.99. The molecule has 0 bridgehead atoms. The number of nitrogens with two attached hydrogens (primary N) is 1. The molecule has 3 nitrogen and oxygen atoms in total. The molecule has 2 N–H and O–H groups in total. The van der Waals surface area contributed by atoms with Gasteiger partial charge in [0.2, 0.25) is 0 Å². The molecule has 0 amide bonds. The average molecular weight is 252 g/mol. The maximum atomic E-state index is 12.0. The van der Waals surface area contributed by atoms with E-state index in [2.05, 4.69) is 4.98 Å². The molecule has 0 aliphatic heterocycles. The van der Waals surface area contributed by atoms with Crippen molar-refractivity contribution in [1.82, 2.24) is 4.98 Å². The van der Waals surface area contributed by atoms with Crippen molar-refractivity contribution in [1.29, 1.82) is 0 Å². The van der Waals surface area contributed by atoms with Crippen LogP contribution in [0.3, 0.4) is 0 Å². The van der Waals surface area contributed by atoms with Gasteiger partial charge >= 0.3 is 0 Å². The van der Waals surface area contributed by atoms with Gasteiger partial charge in [-0.15, -0.1) is 11.3 Å². The first-order chi connectivity index (χ1) is 7.66. The summed E-state index contributed by atoms with van der Waals surface area (Å²) in [6, 6.07) is 5.59. The molecule has 0 aliphatic carbocycles. The van der Waals surface area contributed by atoms with Crippen molar-refractivity contribution in [3.63, 3.8) is 0 Å². The van der Waals surface area contributed by atoms with E-state index < -0.39 is 10.8 Å². The number of thiazole rings is 1. The van der Waals surface area contributed by atoms with Crippen molar-refractivity contribution in [2.24, 2.45) is 0 Å². The summed E-state index contributed by atoms with van der Waals surface area (Å²) in [5.74, 6) is 0.435. The van der Waals surface area contributed by atoms with Gasteiger partial charge in [-0.25, -0.2) is 4.98 Å². The van der Waals surface area contributed by atoms with E-state index in [1.165, 1.54) is 11.3 Å². The second-order valence-electron chi connectivity index (χ2n) is 3.46. The number of hydrogen-bond acceptors (Lipinski definition) is 4. The zero-order valence-electron chi connectivity index (χ0n) is 8.84. The summed E-state index contributed by atoms with van der Waals surface area (Å²) in [6.07, 6.45) is 1.72.